The fourth-order valence-corrected chi connectivity index (χ4v) is 1.11. The summed E-state index contributed by atoms with van der Waals surface area (Å²) < 4.78 is 0. The summed E-state index contributed by atoms with van der Waals surface area (Å²) in [6.45, 7) is 5.25. The van der Waals surface area contributed by atoms with Crippen molar-refractivity contribution in [1.82, 2.24) is 10.6 Å². The molecule has 0 aliphatic rings. The van der Waals surface area contributed by atoms with Gasteiger partial charge in [-0.15, -0.1) is 0 Å². The number of carboxylic acids is 1. The van der Waals surface area contributed by atoms with Crippen LogP contribution in [-0.4, -0.2) is 48.0 Å². The van der Waals surface area contributed by atoms with Crippen molar-refractivity contribution in [2.75, 3.05) is 19.6 Å². The number of aliphatic hydroxyl groups excluding tert-OH is 1. The lowest BCUT2D eigenvalue weighted by atomic mass is 10.2. The lowest BCUT2D eigenvalue weighted by Crippen LogP contribution is -2.39. The molecule has 0 rings (SSSR count). The Kier molecular flexibility index (Phi) is 8.80. The second kappa shape index (κ2) is 9.33. The highest BCUT2D eigenvalue weighted by atomic mass is 16.4. The van der Waals surface area contributed by atoms with E-state index in [1.807, 2.05) is 19.1 Å². The molecule has 0 radical (unpaired) electrons. The fourth-order valence-electron chi connectivity index (χ4n) is 1.11. The number of carboxylic acid groups (broad SMARTS) is 1. The van der Waals surface area contributed by atoms with Gasteiger partial charge in [-0.25, -0.2) is 0 Å². The van der Waals surface area contributed by atoms with Gasteiger partial charge in [0.05, 0.1) is 6.10 Å². The minimum atomic E-state index is -0.854. The summed E-state index contributed by atoms with van der Waals surface area (Å²) in [6, 6.07) is -0.533. The van der Waals surface area contributed by atoms with Crippen LogP contribution in [0.1, 0.15) is 20.3 Å². The van der Waals surface area contributed by atoms with E-state index in [0.717, 1.165) is 0 Å². The molecule has 94 valence electrons. The Morgan fingerprint density at radius 2 is 2.12 bits per heavy atom. The smallest absolute Gasteiger partial charge is 0.320 e. The number of aliphatic carboxylic acids is 1. The molecule has 0 spiro atoms. The van der Waals surface area contributed by atoms with E-state index in [4.69, 9.17) is 5.11 Å². The van der Waals surface area contributed by atoms with Crippen molar-refractivity contribution in [3.63, 3.8) is 0 Å². The lowest BCUT2D eigenvalue weighted by Gasteiger charge is -2.11. The Bertz CT molecular complexity index is 219. The second-order valence-electron chi connectivity index (χ2n) is 3.68. The summed E-state index contributed by atoms with van der Waals surface area (Å²) in [5.41, 5.74) is 0. The molecule has 0 aliphatic carbocycles. The van der Waals surface area contributed by atoms with E-state index < -0.39 is 12.0 Å². The Hall–Kier alpha value is -0.910. The minimum absolute atomic E-state index is 0.381. The van der Waals surface area contributed by atoms with E-state index in [2.05, 4.69) is 10.6 Å². The molecule has 2 atom stereocenters. The zero-order valence-electron chi connectivity index (χ0n) is 9.94. The third kappa shape index (κ3) is 8.40. The van der Waals surface area contributed by atoms with Crippen molar-refractivity contribution >= 4 is 5.97 Å². The number of rotatable bonds is 9. The molecular weight excluding hydrogens is 208 g/mol. The molecule has 0 heterocycles. The SMILES string of the molecule is C/C=C/CC(O)CNCCNC(C)C(=O)O. The second-order valence-corrected chi connectivity index (χ2v) is 3.68. The third-order valence-corrected chi connectivity index (χ3v) is 2.15. The average Bonchev–Trinajstić information content (AvgIpc) is 2.25. The van der Waals surface area contributed by atoms with Gasteiger partial charge in [-0.05, 0) is 20.3 Å². The fraction of sp³-hybridized carbons (Fsp3) is 0.727. The molecular formula is C11H22N2O3. The molecule has 0 amide bonds. The number of hydrogen-bond donors (Lipinski definition) is 4. The predicted octanol–water partition coefficient (Wildman–Crippen LogP) is -0.0342. The van der Waals surface area contributed by atoms with Gasteiger partial charge in [0.2, 0.25) is 0 Å². The maximum absolute atomic E-state index is 10.5. The van der Waals surface area contributed by atoms with Crippen LogP contribution >= 0.6 is 0 Å². The van der Waals surface area contributed by atoms with Gasteiger partial charge in [-0.2, -0.15) is 0 Å². The molecule has 0 saturated carbocycles. The van der Waals surface area contributed by atoms with Crippen LogP contribution in [0.15, 0.2) is 12.2 Å². The monoisotopic (exact) mass is 230 g/mol. The minimum Gasteiger partial charge on any atom is -0.480 e. The lowest BCUT2D eigenvalue weighted by molar-refractivity contribution is -0.138. The Morgan fingerprint density at radius 1 is 1.44 bits per heavy atom. The van der Waals surface area contributed by atoms with Gasteiger partial charge in [-0.1, -0.05) is 12.2 Å². The van der Waals surface area contributed by atoms with E-state index in [1.54, 1.807) is 6.92 Å². The van der Waals surface area contributed by atoms with Crippen LogP contribution in [0.5, 0.6) is 0 Å². The van der Waals surface area contributed by atoms with Crippen molar-refractivity contribution < 1.29 is 15.0 Å². The van der Waals surface area contributed by atoms with Gasteiger partial charge in [-0.3, -0.25) is 4.79 Å². The molecule has 0 aromatic rings. The van der Waals surface area contributed by atoms with Crippen LogP contribution in [0.25, 0.3) is 0 Å². The first kappa shape index (κ1) is 15.1. The predicted molar refractivity (Wildman–Crippen MR) is 63.4 cm³/mol. The van der Waals surface area contributed by atoms with E-state index in [-0.39, 0.29) is 6.10 Å². The van der Waals surface area contributed by atoms with E-state index >= 15 is 0 Å². The van der Waals surface area contributed by atoms with Gasteiger partial charge in [0.15, 0.2) is 0 Å². The average molecular weight is 230 g/mol. The van der Waals surface area contributed by atoms with Gasteiger partial charge >= 0.3 is 5.97 Å². The van der Waals surface area contributed by atoms with Gasteiger partial charge in [0.25, 0.3) is 0 Å². The molecule has 16 heavy (non-hydrogen) atoms. The Labute approximate surface area is 96.5 Å². The zero-order valence-corrected chi connectivity index (χ0v) is 9.94. The molecule has 0 fully saturated rings. The maximum atomic E-state index is 10.5. The number of nitrogens with one attached hydrogen (secondary N) is 2. The first-order valence-corrected chi connectivity index (χ1v) is 5.54. The van der Waals surface area contributed by atoms with Crippen LogP contribution in [0.2, 0.25) is 0 Å². The Morgan fingerprint density at radius 3 is 2.69 bits per heavy atom. The summed E-state index contributed by atoms with van der Waals surface area (Å²) in [5, 5.41) is 23.9. The van der Waals surface area contributed by atoms with Crippen LogP contribution in [0, 0.1) is 0 Å². The standard InChI is InChI=1S/C11H22N2O3/c1-3-4-5-10(14)8-12-6-7-13-9(2)11(15)16/h3-4,9-10,12-14H,5-8H2,1-2H3,(H,15,16)/b4-3+. The normalized spacial score (nSPS) is 15.2. The molecule has 0 aromatic carbocycles. The van der Waals surface area contributed by atoms with Crippen molar-refractivity contribution in [2.45, 2.75) is 32.4 Å². The van der Waals surface area contributed by atoms with Gasteiger partial charge in [0, 0.05) is 19.6 Å². The molecule has 5 heteroatoms. The van der Waals surface area contributed by atoms with Crippen LogP contribution in [0.3, 0.4) is 0 Å². The van der Waals surface area contributed by atoms with E-state index in [1.165, 1.54) is 0 Å². The molecule has 5 nitrogen and oxygen atoms in total. The summed E-state index contributed by atoms with van der Waals surface area (Å²) >= 11 is 0. The third-order valence-electron chi connectivity index (χ3n) is 2.15. The van der Waals surface area contributed by atoms with Gasteiger partial charge < -0.3 is 20.8 Å². The first-order valence-electron chi connectivity index (χ1n) is 5.54. The molecule has 2 unspecified atom stereocenters. The van der Waals surface area contributed by atoms with Gasteiger partial charge in [0.1, 0.15) is 6.04 Å². The summed E-state index contributed by atoms with van der Waals surface area (Å²) in [6.07, 6.45) is 4.08. The molecule has 4 N–H and O–H groups in total. The molecule has 0 saturated heterocycles. The Balaban J connectivity index is 3.36. The van der Waals surface area contributed by atoms with Crippen molar-refractivity contribution in [3.8, 4) is 0 Å². The summed E-state index contributed by atoms with van der Waals surface area (Å²) in [4.78, 5) is 10.5. The first-order chi connectivity index (χ1) is 7.57. The zero-order chi connectivity index (χ0) is 12.4. The number of carbonyl (C=O) groups is 1. The van der Waals surface area contributed by atoms with Crippen molar-refractivity contribution in [2.24, 2.45) is 0 Å². The highest BCUT2D eigenvalue weighted by Gasteiger charge is 2.08. The number of allylic oxidation sites excluding steroid dienone is 1. The highest BCUT2D eigenvalue weighted by Crippen LogP contribution is 1.90. The van der Waals surface area contributed by atoms with E-state index in [0.29, 0.717) is 26.1 Å². The van der Waals surface area contributed by atoms with Crippen LogP contribution < -0.4 is 10.6 Å². The quantitative estimate of drug-likeness (QED) is 0.330. The summed E-state index contributed by atoms with van der Waals surface area (Å²) in [7, 11) is 0. The highest BCUT2D eigenvalue weighted by molar-refractivity contribution is 5.72. The largest absolute Gasteiger partial charge is 0.480 e. The topological polar surface area (TPSA) is 81.6 Å². The molecule has 0 aliphatic heterocycles. The van der Waals surface area contributed by atoms with Crippen LogP contribution in [0.4, 0.5) is 0 Å². The van der Waals surface area contributed by atoms with Crippen LogP contribution in [-0.2, 0) is 4.79 Å². The van der Waals surface area contributed by atoms with E-state index in [9.17, 15) is 9.90 Å². The number of aliphatic hydroxyl groups is 1. The molecule has 0 aromatic heterocycles. The van der Waals surface area contributed by atoms with Crippen molar-refractivity contribution in [3.05, 3.63) is 12.2 Å². The number of hydrogen-bond acceptors (Lipinski definition) is 4. The molecule has 0 bridgehead atoms. The summed E-state index contributed by atoms with van der Waals surface area (Å²) in [5.74, 6) is -0.854. The van der Waals surface area contributed by atoms with Crippen molar-refractivity contribution in [1.29, 1.82) is 0 Å². The maximum Gasteiger partial charge on any atom is 0.320 e.